The first-order valence-corrected chi connectivity index (χ1v) is 6.26. The number of carboxylic acids is 1. The minimum absolute atomic E-state index is 0.0750. The van der Waals surface area contributed by atoms with Crippen LogP contribution in [0.25, 0.3) is 6.08 Å². The molecule has 6 nitrogen and oxygen atoms in total. The number of nitrogens with one attached hydrogen (secondary N) is 1. The van der Waals surface area contributed by atoms with Gasteiger partial charge in [-0.1, -0.05) is 0 Å². The lowest BCUT2D eigenvalue weighted by Crippen LogP contribution is -2.39. The Morgan fingerprint density at radius 2 is 2.20 bits per heavy atom. The zero-order chi connectivity index (χ0) is 15.1. The van der Waals surface area contributed by atoms with Crippen molar-refractivity contribution in [3.63, 3.8) is 0 Å². The van der Waals surface area contributed by atoms with Crippen LogP contribution in [-0.4, -0.2) is 41.6 Å². The van der Waals surface area contributed by atoms with Gasteiger partial charge in [-0.15, -0.1) is 0 Å². The van der Waals surface area contributed by atoms with E-state index in [9.17, 15) is 9.59 Å². The quantitative estimate of drug-likeness (QED) is 0.762. The van der Waals surface area contributed by atoms with Gasteiger partial charge in [0, 0.05) is 30.9 Å². The Kier molecular flexibility index (Phi) is 5.71. The topological polar surface area (TPSA) is 82.5 Å². The fourth-order valence-corrected chi connectivity index (χ4v) is 1.68. The average Bonchev–Trinajstić information content (AvgIpc) is 2.35. The highest BCUT2D eigenvalue weighted by Gasteiger charge is 2.11. The van der Waals surface area contributed by atoms with Crippen LogP contribution in [0, 0.1) is 0 Å². The van der Waals surface area contributed by atoms with Gasteiger partial charge in [0.2, 0.25) is 5.91 Å². The Morgan fingerprint density at radius 3 is 2.80 bits per heavy atom. The van der Waals surface area contributed by atoms with Crippen molar-refractivity contribution >= 4 is 23.8 Å². The molecule has 0 unspecified atom stereocenters. The number of hydrogen-bond acceptors (Lipinski definition) is 4. The smallest absolute Gasteiger partial charge is 0.328 e. The predicted octanol–water partition coefficient (Wildman–Crippen LogP) is 1.14. The number of carbonyl (C=O) groups excluding carboxylic acids is 1. The number of likely N-dealkylation sites (N-methyl/N-ethyl adjacent to an activating group) is 1. The van der Waals surface area contributed by atoms with Gasteiger partial charge < -0.3 is 15.3 Å². The molecule has 0 spiro atoms. The second kappa shape index (κ2) is 7.28. The SMILES string of the molecule is CC(C)NC(=O)CN(C)c1ncccc1/C=C/C(=O)O. The van der Waals surface area contributed by atoms with Gasteiger partial charge in [-0.25, -0.2) is 9.78 Å². The maximum absolute atomic E-state index is 11.7. The number of pyridine rings is 1. The van der Waals surface area contributed by atoms with Crippen molar-refractivity contribution < 1.29 is 14.7 Å². The summed E-state index contributed by atoms with van der Waals surface area (Å²) in [6, 6.07) is 3.54. The fourth-order valence-electron chi connectivity index (χ4n) is 1.68. The molecule has 0 radical (unpaired) electrons. The Hall–Kier alpha value is -2.37. The molecule has 1 aromatic rings. The second-order valence-electron chi connectivity index (χ2n) is 4.67. The van der Waals surface area contributed by atoms with E-state index in [2.05, 4.69) is 10.3 Å². The summed E-state index contributed by atoms with van der Waals surface area (Å²) in [5.41, 5.74) is 0.648. The number of aliphatic carboxylic acids is 1. The molecule has 0 saturated carbocycles. The molecule has 0 bridgehead atoms. The van der Waals surface area contributed by atoms with E-state index in [1.165, 1.54) is 6.08 Å². The summed E-state index contributed by atoms with van der Waals surface area (Å²) in [7, 11) is 1.74. The molecule has 6 heteroatoms. The van der Waals surface area contributed by atoms with Crippen LogP contribution in [0.5, 0.6) is 0 Å². The minimum atomic E-state index is -1.03. The molecule has 0 fully saturated rings. The van der Waals surface area contributed by atoms with Crippen molar-refractivity contribution in [3.8, 4) is 0 Å². The second-order valence-corrected chi connectivity index (χ2v) is 4.67. The van der Waals surface area contributed by atoms with Gasteiger partial charge in [0.1, 0.15) is 5.82 Å². The first-order chi connectivity index (χ1) is 9.40. The van der Waals surface area contributed by atoms with Crippen molar-refractivity contribution in [2.75, 3.05) is 18.5 Å². The van der Waals surface area contributed by atoms with E-state index in [0.29, 0.717) is 11.4 Å². The standard InChI is InChI=1S/C14H19N3O3/c1-10(2)16-12(18)9-17(3)14-11(5-4-8-15-14)6-7-13(19)20/h4-8,10H,9H2,1-3H3,(H,16,18)(H,19,20)/b7-6+. The Morgan fingerprint density at radius 1 is 1.50 bits per heavy atom. The summed E-state index contributed by atoms with van der Waals surface area (Å²) >= 11 is 0. The van der Waals surface area contributed by atoms with Gasteiger partial charge in [-0.05, 0) is 32.1 Å². The Balaban J connectivity index is 2.84. The summed E-state index contributed by atoms with van der Waals surface area (Å²) in [5, 5.41) is 11.5. The Labute approximate surface area is 118 Å². The third-order valence-corrected chi connectivity index (χ3v) is 2.41. The summed E-state index contributed by atoms with van der Waals surface area (Å²) < 4.78 is 0. The average molecular weight is 277 g/mol. The van der Waals surface area contributed by atoms with Gasteiger partial charge >= 0.3 is 5.97 Å². The molecule has 0 aliphatic rings. The van der Waals surface area contributed by atoms with Gasteiger partial charge in [-0.2, -0.15) is 0 Å². The monoisotopic (exact) mass is 277 g/mol. The number of anilines is 1. The molecule has 108 valence electrons. The van der Waals surface area contributed by atoms with Gasteiger partial charge in [0.25, 0.3) is 0 Å². The highest BCUT2D eigenvalue weighted by molar-refractivity contribution is 5.87. The molecule has 20 heavy (non-hydrogen) atoms. The zero-order valence-electron chi connectivity index (χ0n) is 11.8. The molecule has 1 heterocycles. The molecule has 0 atom stereocenters. The third kappa shape index (κ3) is 5.09. The third-order valence-electron chi connectivity index (χ3n) is 2.41. The van der Waals surface area contributed by atoms with E-state index >= 15 is 0 Å². The summed E-state index contributed by atoms with van der Waals surface area (Å²) in [4.78, 5) is 28.2. The summed E-state index contributed by atoms with van der Waals surface area (Å²) in [6.07, 6.45) is 4.11. The lowest BCUT2D eigenvalue weighted by Gasteiger charge is -2.20. The predicted molar refractivity (Wildman–Crippen MR) is 77.5 cm³/mol. The normalized spacial score (nSPS) is 10.8. The molecule has 0 saturated heterocycles. The van der Waals surface area contributed by atoms with Crippen LogP contribution in [-0.2, 0) is 9.59 Å². The number of hydrogen-bond donors (Lipinski definition) is 2. The van der Waals surface area contributed by atoms with E-state index in [0.717, 1.165) is 6.08 Å². The Bertz CT molecular complexity index is 512. The number of carboxylic acid groups (broad SMARTS) is 1. The first-order valence-electron chi connectivity index (χ1n) is 6.26. The van der Waals surface area contributed by atoms with E-state index in [4.69, 9.17) is 5.11 Å². The number of nitrogens with zero attached hydrogens (tertiary/aromatic N) is 2. The van der Waals surface area contributed by atoms with E-state index < -0.39 is 5.97 Å². The van der Waals surface area contributed by atoms with Gasteiger partial charge in [-0.3, -0.25) is 4.79 Å². The molecule has 1 aromatic heterocycles. The highest BCUT2D eigenvalue weighted by Crippen LogP contribution is 2.17. The number of amides is 1. The van der Waals surface area contributed by atoms with Crippen molar-refractivity contribution in [2.45, 2.75) is 19.9 Å². The van der Waals surface area contributed by atoms with Crippen LogP contribution >= 0.6 is 0 Å². The van der Waals surface area contributed by atoms with Crippen LogP contribution in [0.1, 0.15) is 19.4 Å². The van der Waals surface area contributed by atoms with Crippen LogP contribution < -0.4 is 10.2 Å². The lowest BCUT2D eigenvalue weighted by molar-refractivity contribution is -0.131. The number of carbonyl (C=O) groups is 2. The number of aromatic nitrogens is 1. The van der Waals surface area contributed by atoms with Crippen LogP contribution in [0.3, 0.4) is 0 Å². The van der Waals surface area contributed by atoms with Crippen LogP contribution in [0.15, 0.2) is 24.4 Å². The first kappa shape index (κ1) is 15.7. The van der Waals surface area contributed by atoms with Crippen molar-refractivity contribution in [3.05, 3.63) is 30.0 Å². The molecule has 0 aliphatic carbocycles. The van der Waals surface area contributed by atoms with Crippen LogP contribution in [0.4, 0.5) is 5.82 Å². The molecule has 1 rings (SSSR count). The molecule has 0 aromatic carbocycles. The zero-order valence-corrected chi connectivity index (χ0v) is 11.8. The van der Waals surface area contributed by atoms with Crippen LogP contribution in [0.2, 0.25) is 0 Å². The minimum Gasteiger partial charge on any atom is -0.478 e. The summed E-state index contributed by atoms with van der Waals surface area (Å²) in [5.74, 6) is -0.578. The van der Waals surface area contributed by atoms with Gasteiger partial charge in [0.15, 0.2) is 0 Å². The van der Waals surface area contributed by atoms with E-state index in [1.807, 2.05) is 13.8 Å². The summed E-state index contributed by atoms with van der Waals surface area (Å²) in [6.45, 7) is 3.93. The fraction of sp³-hybridized carbons (Fsp3) is 0.357. The van der Waals surface area contributed by atoms with E-state index in [-0.39, 0.29) is 18.5 Å². The number of rotatable bonds is 6. The van der Waals surface area contributed by atoms with Gasteiger partial charge in [0.05, 0.1) is 6.54 Å². The molecule has 1 amide bonds. The molecular weight excluding hydrogens is 258 g/mol. The van der Waals surface area contributed by atoms with Crippen molar-refractivity contribution in [2.24, 2.45) is 0 Å². The highest BCUT2D eigenvalue weighted by atomic mass is 16.4. The largest absolute Gasteiger partial charge is 0.478 e. The molecule has 2 N–H and O–H groups in total. The van der Waals surface area contributed by atoms with Crippen molar-refractivity contribution in [1.82, 2.24) is 10.3 Å². The maximum Gasteiger partial charge on any atom is 0.328 e. The van der Waals surface area contributed by atoms with E-state index in [1.54, 1.807) is 30.3 Å². The molecule has 0 aliphatic heterocycles. The lowest BCUT2D eigenvalue weighted by atomic mass is 10.2. The molecular formula is C14H19N3O3. The van der Waals surface area contributed by atoms with Crippen molar-refractivity contribution in [1.29, 1.82) is 0 Å². The maximum atomic E-state index is 11.7.